The molecule has 17 heavy (non-hydrogen) atoms. The van der Waals surface area contributed by atoms with Gasteiger partial charge in [-0.15, -0.1) is 0 Å². The van der Waals surface area contributed by atoms with Crippen LogP contribution in [-0.2, 0) is 0 Å². The van der Waals surface area contributed by atoms with E-state index in [1.54, 1.807) is 19.9 Å². The van der Waals surface area contributed by atoms with Crippen molar-refractivity contribution >= 4 is 5.91 Å². The van der Waals surface area contributed by atoms with E-state index in [0.29, 0.717) is 5.75 Å². The number of amides is 1. The molecule has 0 aliphatic heterocycles. The highest BCUT2D eigenvalue weighted by Gasteiger charge is 2.17. The van der Waals surface area contributed by atoms with E-state index in [9.17, 15) is 15.0 Å². The second-order valence-electron chi connectivity index (χ2n) is 4.38. The van der Waals surface area contributed by atoms with Crippen LogP contribution in [0.25, 0.3) is 0 Å². The van der Waals surface area contributed by atoms with E-state index in [1.165, 1.54) is 19.2 Å². The van der Waals surface area contributed by atoms with Crippen LogP contribution < -0.4 is 10.1 Å². The van der Waals surface area contributed by atoms with Crippen LogP contribution in [0.15, 0.2) is 18.2 Å². The first-order chi connectivity index (χ1) is 7.83. The molecule has 0 aliphatic rings. The van der Waals surface area contributed by atoms with Gasteiger partial charge < -0.3 is 20.3 Å². The number of methoxy groups -OCH3 is 1. The molecule has 0 spiro atoms. The molecule has 1 amide bonds. The van der Waals surface area contributed by atoms with Gasteiger partial charge in [0.1, 0.15) is 11.5 Å². The Morgan fingerprint density at radius 3 is 2.65 bits per heavy atom. The smallest absolute Gasteiger partial charge is 0.255 e. The van der Waals surface area contributed by atoms with Crippen molar-refractivity contribution in [3.05, 3.63) is 23.8 Å². The van der Waals surface area contributed by atoms with Crippen LogP contribution in [0.4, 0.5) is 0 Å². The lowest BCUT2D eigenvalue weighted by Gasteiger charge is -2.18. The number of benzene rings is 1. The van der Waals surface area contributed by atoms with E-state index in [4.69, 9.17) is 4.74 Å². The number of aliphatic hydroxyl groups is 1. The number of aromatic hydroxyl groups is 1. The van der Waals surface area contributed by atoms with Gasteiger partial charge in [0.2, 0.25) is 0 Å². The fraction of sp³-hybridized carbons (Fsp3) is 0.417. The van der Waals surface area contributed by atoms with Crippen LogP contribution in [-0.4, -0.2) is 35.4 Å². The van der Waals surface area contributed by atoms with E-state index in [1.807, 2.05) is 0 Å². The number of rotatable bonds is 4. The zero-order chi connectivity index (χ0) is 13.1. The average Bonchev–Trinajstić information content (AvgIpc) is 2.25. The van der Waals surface area contributed by atoms with Crippen molar-refractivity contribution in [2.45, 2.75) is 19.4 Å². The molecule has 5 heteroatoms. The quantitative estimate of drug-likeness (QED) is 0.729. The summed E-state index contributed by atoms with van der Waals surface area (Å²) in [6, 6.07) is 4.38. The summed E-state index contributed by atoms with van der Waals surface area (Å²) in [5.74, 6) is -0.0984. The minimum Gasteiger partial charge on any atom is -0.507 e. The molecule has 94 valence electrons. The number of carbonyl (C=O) groups is 1. The van der Waals surface area contributed by atoms with Crippen molar-refractivity contribution in [3.63, 3.8) is 0 Å². The topological polar surface area (TPSA) is 78.8 Å². The monoisotopic (exact) mass is 239 g/mol. The summed E-state index contributed by atoms with van der Waals surface area (Å²) < 4.78 is 4.96. The molecule has 0 bridgehead atoms. The molecule has 1 rings (SSSR count). The number of phenolic OH excluding ortho intramolecular Hbond substituents is 1. The van der Waals surface area contributed by atoms with Gasteiger partial charge >= 0.3 is 0 Å². The van der Waals surface area contributed by atoms with Crippen molar-refractivity contribution in [2.75, 3.05) is 13.7 Å². The Morgan fingerprint density at radius 1 is 1.47 bits per heavy atom. The Bertz CT molecular complexity index is 409. The normalized spacial score (nSPS) is 11.1. The maximum Gasteiger partial charge on any atom is 0.255 e. The van der Waals surface area contributed by atoms with Crippen LogP contribution in [0.3, 0.4) is 0 Å². The second-order valence-corrected chi connectivity index (χ2v) is 4.38. The Kier molecular flexibility index (Phi) is 3.96. The standard InChI is InChI=1S/C12H17NO4/c1-12(2,16)7-13-11(15)9-6-8(17-3)4-5-10(9)14/h4-6,14,16H,7H2,1-3H3,(H,13,15). The van der Waals surface area contributed by atoms with Gasteiger partial charge in [0.05, 0.1) is 18.3 Å². The van der Waals surface area contributed by atoms with Gasteiger partial charge in [-0.05, 0) is 32.0 Å². The third-order valence-corrected chi connectivity index (χ3v) is 2.13. The Morgan fingerprint density at radius 2 is 2.12 bits per heavy atom. The number of carbonyl (C=O) groups excluding carboxylic acids is 1. The molecular weight excluding hydrogens is 222 g/mol. The summed E-state index contributed by atoms with van der Waals surface area (Å²) in [5, 5.41) is 21.6. The first-order valence-corrected chi connectivity index (χ1v) is 5.21. The highest BCUT2D eigenvalue weighted by molar-refractivity contribution is 5.97. The third-order valence-electron chi connectivity index (χ3n) is 2.13. The van der Waals surface area contributed by atoms with Gasteiger partial charge in [-0.25, -0.2) is 0 Å². The van der Waals surface area contributed by atoms with Gasteiger partial charge in [0, 0.05) is 6.54 Å². The van der Waals surface area contributed by atoms with E-state index in [-0.39, 0.29) is 17.9 Å². The lowest BCUT2D eigenvalue weighted by atomic mass is 10.1. The SMILES string of the molecule is COc1ccc(O)c(C(=O)NCC(C)(C)O)c1. The number of nitrogens with one attached hydrogen (secondary N) is 1. The fourth-order valence-corrected chi connectivity index (χ4v) is 1.22. The molecular formula is C12H17NO4. The summed E-state index contributed by atoms with van der Waals surface area (Å²) in [6.45, 7) is 3.26. The van der Waals surface area contributed by atoms with E-state index >= 15 is 0 Å². The highest BCUT2D eigenvalue weighted by atomic mass is 16.5. The first kappa shape index (κ1) is 13.3. The maximum atomic E-state index is 11.7. The largest absolute Gasteiger partial charge is 0.507 e. The first-order valence-electron chi connectivity index (χ1n) is 5.21. The molecule has 3 N–H and O–H groups in total. The second kappa shape index (κ2) is 5.05. The number of ether oxygens (including phenoxy) is 1. The fourth-order valence-electron chi connectivity index (χ4n) is 1.22. The number of hydrogen-bond donors (Lipinski definition) is 3. The molecule has 0 aromatic heterocycles. The number of hydrogen-bond acceptors (Lipinski definition) is 4. The predicted molar refractivity (Wildman–Crippen MR) is 63.3 cm³/mol. The van der Waals surface area contributed by atoms with Crippen molar-refractivity contribution < 1.29 is 19.7 Å². The van der Waals surface area contributed by atoms with E-state index < -0.39 is 11.5 Å². The van der Waals surface area contributed by atoms with Gasteiger partial charge in [-0.2, -0.15) is 0 Å². The molecule has 1 aromatic rings. The molecule has 0 atom stereocenters. The van der Waals surface area contributed by atoms with Crippen LogP contribution in [0.5, 0.6) is 11.5 Å². The summed E-state index contributed by atoms with van der Waals surface area (Å²) in [4.78, 5) is 11.7. The van der Waals surface area contributed by atoms with E-state index in [0.717, 1.165) is 0 Å². The van der Waals surface area contributed by atoms with Gasteiger partial charge in [0.15, 0.2) is 0 Å². The molecule has 0 saturated carbocycles. The van der Waals surface area contributed by atoms with Gasteiger partial charge in [-0.1, -0.05) is 0 Å². The van der Waals surface area contributed by atoms with Crippen molar-refractivity contribution in [3.8, 4) is 11.5 Å². The molecule has 0 radical (unpaired) electrons. The highest BCUT2D eigenvalue weighted by Crippen LogP contribution is 2.22. The molecule has 5 nitrogen and oxygen atoms in total. The zero-order valence-corrected chi connectivity index (χ0v) is 10.2. The Labute approximate surface area is 100 Å². The molecule has 0 heterocycles. The van der Waals surface area contributed by atoms with Crippen LogP contribution in [0, 0.1) is 0 Å². The number of phenols is 1. The van der Waals surface area contributed by atoms with Crippen LogP contribution >= 0.6 is 0 Å². The maximum absolute atomic E-state index is 11.7. The Hall–Kier alpha value is -1.75. The molecule has 0 saturated heterocycles. The summed E-state index contributed by atoms with van der Waals surface area (Å²) >= 11 is 0. The zero-order valence-electron chi connectivity index (χ0n) is 10.2. The predicted octanol–water partition coefficient (Wildman–Crippen LogP) is 0.901. The summed E-state index contributed by atoms with van der Waals surface area (Å²) in [5.41, 5.74) is -0.877. The minimum absolute atomic E-state index is 0.0997. The van der Waals surface area contributed by atoms with E-state index in [2.05, 4.69) is 5.32 Å². The molecule has 0 unspecified atom stereocenters. The van der Waals surface area contributed by atoms with Crippen LogP contribution in [0.1, 0.15) is 24.2 Å². The minimum atomic E-state index is -0.996. The summed E-state index contributed by atoms with van der Waals surface area (Å²) in [6.07, 6.45) is 0. The molecule has 1 aromatic carbocycles. The van der Waals surface area contributed by atoms with Crippen molar-refractivity contribution in [1.29, 1.82) is 0 Å². The Balaban J connectivity index is 2.81. The van der Waals surface area contributed by atoms with Gasteiger partial charge in [0.25, 0.3) is 5.91 Å². The van der Waals surface area contributed by atoms with Crippen molar-refractivity contribution in [1.82, 2.24) is 5.32 Å². The molecule has 0 aliphatic carbocycles. The van der Waals surface area contributed by atoms with Crippen molar-refractivity contribution in [2.24, 2.45) is 0 Å². The average molecular weight is 239 g/mol. The van der Waals surface area contributed by atoms with Gasteiger partial charge in [-0.3, -0.25) is 4.79 Å². The lowest BCUT2D eigenvalue weighted by molar-refractivity contribution is 0.0692. The summed E-state index contributed by atoms with van der Waals surface area (Å²) in [7, 11) is 1.48. The third kappa shape index (κ3) is 3.96. The van der Waals surface area contributed by atoms with Crippen LogP contribution in [0.2, 0.25) is 0 Å². The lowest BCUT2D eigenvalue weighted by Crippen LogP contribution is -2.38. The molecule has 0 fully saturated rings.